The average molecular weight is 311 g/mol. The van der Waals surface area contributed by atoms with Crippen LogP contribution in [0, 0.1) is 0 Å². The van der Waals surface area contributed by atoms with Crippen LogP contribution in [-0.4, -0.2) is 26.8 Å². The molecule has 1 aromatic carbocycles. The minimum absolute atomic E-state index is 0.579. The quantitative estimate of drug-likeness (QED) is 0.726. The Kier molecular flexibility index (Phi) is 8.03. The van der Waals surface area contributed by atoms with Crippen molar-refractivity contribution >= 4 is 34.8 Å². The molecule has 1 rings (SSSR count). The number of hydrogen-bond donors (Lipinski definition) is 1. The van der Waals surface area contributed by atoms with Gasteiger partial charge < -0.3 is 10.1 Å². The summed E-state index contributed by atoms with van der Waals surface area (Å²) < 4.78 is 4.95. The molecule has 0 radical (unpaired) electrons. The molecule has 18 heavy (non-hydrogen) atoms. The molecule has 0 fully saturated rings. The first kappa shape index (κ1) is 16.1. The number of hydrogen-bond acceptors (Lipinski definition) is 2. The van der Waals surface area contributed by atoms with Crippen LogP contribution in [0.5, 0.6) is 0 Å². The van der Waals surface area contributed by atoms with Crippen LogP contribution in [0.1, 0.15) is 18.4 Å². The number of ether oxygens (including phenoxy) is 1. The lowest BCUT2D eigenvalue weighted by atomic mass is 10.1. The van der Waals surface area contributed by atoms with Crippen molar-refractivity contribution in [2.75, 3.05) is 26.8 Å². The summed E-state index contributed by atoms with van der Waals surface area (Å²) in [5.41, 5.74) is 0.986. The minimum Gasteiger partial charge on any atom is -0.383 e. The van der Waals surface area contributed by atoms with Gasteiger partial charge in [0.2, 0.25) is 0 Å². The van der Waals surface area contributed by atoms with Gasteiger partial charge in [0.05, 0.1) is 6.61 Å². The number of unbranched alkanes of at least 4 members (excludes halogenated alkanes) is 1. The van der Waals surface area contributed by atoms with Crippen LogP contribution in [0.2, 0.25) is 15.1 Å². The molecule has 0 aliphatic heterocycles. The number of nitrogens with one attached hydrogen (secondary N) is 1. The van der Waals surface area contributed by atoms with Crippen LogP contribution < -0.4 is 5.32 Å². The van der Waals surface area contributed by atoms with Gasteiger partial charge in [-0.25, -0.2) is 0 Å². The lowest BCUT2D eigenvalue weighted by Gasteiger charge is -2.08. The monoisotopic (exact) mass is 309 g/mol. The first-order valence-electron chi connectivity index (χ1n) is 5.98. The van der Waals surface area contributed by atoms with Gasteiger partial charge in [0.1, 0.15) is 0 Å². The largest absolute Gasteiger partial charge is 0.383 e. The first-order valence-corrected chi connectivity index (χ1v) is 7.11. The van der Waals surface area contributed by atoms with Crippen LogP contribution in [0.15, 0.2) is 12.1 Å². The number of methoxy groups -OCH3 is 1. The summed E-state index contributed by atoms with van der Waals surface area (Å²) in [7, 11) is 1.70. The first-order chi connectivity index (χ1) is 8.65. The lowest BCUT2D eigenvalue weighted by molar-refractivity contribution is 0.199. The topological polar surface area (TPSA) is 21.3 Å². The molecule has 0 spiro atoms. The van der Waals surface area contributed by atoms with Crippen molar-refractivity contribution in [2.24, 2.45) is 0 Å². The Bertz CT molecular complexity index is 348. The Morgan fingerprint density at radius 3 is 2.33 bits per heavy atom. The molecule has 2 nitrogen and oxygen atoms in total. The van der Waals surface area contributed by atoms with Gasteiger partial charge in [0.15, 0.2) is 0 Å². The number of benzene rings is 1. The molecule has 0 amide bonds. The highest BCUT2D eigenvalue weighted by Crippen LogP contribution is 2.30. The smallest absolute Gasteiger partial charge is 0.0587 e. The molecule has 0 aliphatic rings. The maximum Gasteiger partial charge on any atom is 0.0587 e. The minimum atomic E-state index is 0.579. The molecule has 1 aromatic rings. The van der Waals surface area contributed by atoms with E-state index in [-0.39, 0.29) is 0 Å². The van der Waals surface area contributed by atoms with E-state index < -0.39 is 0 Å². The molecule has 5 heteroatoms. The van der Waals surface area contributed by atoms with E-state index in [0.717, 1.165) is 44.5 Å². The van der Waals surface area contributed by atoms with Gasteiger partial charge in [0, 0.05) is 28.7 Å². The van der Waals surface area contributed by atoms with Crippen LogP contribution in [0.25, 0.3) is 0 Å². The third-order valence-corrected chi connectivity index (χ3v) is 3.51. The van der Waals surface area contributed by atoms with E-state index in [0.29, 0.717) is 15.1 Å². The van der Waals surface area contributed by atoms with Gasteiger partial charge in [-0.15, -0.1) is 0 Å². The second-order valence-corrected chi connectivity index (χ2v) is 5.30. The van der Waals surface area contributed by atoms with E-state index in [9.17, 15) is 0 Å². The Morgan fingerprint density at radius 2 is 1.72 bits per heavy atom. The molecule has 0 aliphatic carbocycles. The summed E-state index contributed by atoms with van der Waals surface area (Å²) in [6.45, 7) is 2.61. The van der Waals surface area contributed by atoms with Gasteiger partial charge in [-0.05, 0) is 43.5 Å². The van der Waals surface area contributed by atoms with Crippen molar-refractivity contribution in [1.29, 1.82) is 0 Å². The predicted octanol–water partition coefficient (Wildman–Crippen LogP) is 4.21. The van der Waals surface area contributed by atoms with Crippen LogP contribution in [0.4, 0.5) is 0 Å². The van der Waals surface area contributed by atoms with E-state index >= 15 is 0 Å². The second kappa shape index (κ2) is 9.00. The number of rotatable bonds is 8. The standard InChI is InChI=1S/C13H18Cl3NO/c1-18-7-6-17-5-3-2-4-11-12(15)8-10(14)9-13(11)16/h8-9,17H,2-7H2,1H3. The summed E-state index contributed by atoms with van der Waals surface area (Å²) >= 11 is 18.1. The zero-order valence-corrected chi connectivity index (χ0v) is 12.7. The second-order valence-electron chi connectivity index (χ2n) is 4.05. The molecule has 1 N–H and O–H groups in total. The van der Waals surface area contributed by atoms with Crippen molar-refractivity contribution in [2.45, 2.75) is 19.3 Å². The fourth-order valence-corrected chi connectivity index (χ4v) is 2.67. The lowest BCUT2D eigenvalue weighted by Crippen LogP contribution is -2.20. The molecule has 102 valence electrons. The zero-order valence-electron chi connectivity index (χ0n) is 10.4. The summed E-state index contributed by atoms with van der Waals surface area (Å²) in [6, 6.07) is 3.47. The Labute approximate surface area is 124 Å². The summed E-state index contributed by atoms with van der Waals surface area (Å²) in [5.74, 6) is 0. The van der Waals surface area contributed by atoms with Gasteiger partial charge in [-0.1, -0.05) is 34.8 Å². The highest BCUT2D eigenvalue weighted by atomic mass is 35.5. The number of halogens is 3. The molecule has 0 atom stereocenters. The average Bonchev–Trinajstić information content (AvgIpc) is 2.30. The molecule has 0 unspecified atom stereocenters. The van der Waals surface area contributed by atoms with Gasteiger partial charge in [0.25, 0.3) is 0 Å². The van der Waals surface area contributed by atoms with Gasteiger partial charge >= 0.3 is 0 Å². The van der Waals surface area contributed by atoms with E-state index in [1.165, 1.54) is 0 Å². The molecule has 0 saturated heterocycles. The van der Waals surface area contributed by atoms with Crippen LogP contribution in [-0.2, 0) is 11.2 Å². The van der Waals surface area contributed by atoms with Crippen LogP contribution >= 0.6 is 34.8 Å². The van der Waals surface area contributed by atoms with Gasteiger partial charge in [-0.2, -0.15) is 0 Å². The van der Waals surface area contributed by atoms with E-state index in [1.807, 2.05) is 0 Å². The van der Waals surface area contributed by atoms with Crippen molar-refractivity contribution in [3.63, 3.8) is 0 Å². The third kappa shape index (κ3) is 5.77. The molecular formula is C13H18Cl3NO. The Balaban J connectivity index is 2.27. The fourth-order valence-electron chi connectivity index (χ4n) is 1.66. The maximum atomic E-state index is 6.12. The highest BCUT2D eigenvalue weighted by molar-refractivity contribution is 6.39. The molecule has 0 saturated carbocycles. The molecule has 0 heterocycles. The fraction of sp³-hybridized carbons (Fsp3) is 0.538. The molecule has 0 aromatic heterocycles. The van der Waals surface area contributed by atoms with Crippen LogP contribution in [0.3, 0.4) is 0 Å². The van der Waals surface area contributed by atoms with E-state index in [1.54, 1.807) is 19.2 Å². The van der Waals surface area contributed by atoms with Crippen molar-refractivity contribution in [1.82, 2.24) is 5.32 Å². The molecule has 0 bridgehead atoms. The van der Waals surface area contributed by atoms with Crippen molar-refractivity contribution in [3.05, 3.63) is 32.8 Å². The predicted molar refractivity (Wildman–Crippen MR) is 79.2 cm³/mol. The summed E-state index contributed by atoms with van der Waals surface area (Å²) in [6.07, 6.45) is 3.00. The van der Waals surface area contributed by atoms with Gasteiger partial charge in [-0.3, -0.25) is 0 Å². The SMILES string of the molecule is COCCNCCCCc1c(Cl)cc(Cl)cc1Cl. The summed E-state index contributed by atoms with van der Waals surface area (Å²) in [4.78, 5) is 0. The van der Waals surface area contributed by atoms with E-state index in [4.69, 9.17) is 39.5 Å². The normalized spacial score (nSPS) is 10.9. The third-order valence-electron chi connectivity index (χ3n) is 2.62. The van der Waals surface area contributed by atoms with Crippen molar-refractivity contribution < 1.29 is 4.74 Å². The summed E-state index contributed by atoms with van der Waals surface area (Å²) in [5, 5.41) is 5.18. The maximum absolute atomic E-state index is 6.12. The Morgan fingerprint density at radius 1 is 1.06 bits per heavy atom. The zero-order chi connectivity index (χ0) is 13.4. The highest BCUT2D eigenvalue weighted by Gasteiger charge is 2.07. The van der Waals surface area contributed by atoms with E-state index in [2.05, 4.69) is 5.32 Å². The Hall–Kier alpha value is 0.01000. The van der Waals surface area contributed by atoms with Crippen molar-refractivity contribution in [3.8, 4) is 0 Å². The molecular weight excluding hydrogens is 293 g/mol.